The van der Waals surface area contributed by atoms with E-state index in [1.165, 1.54) is 42.4 Å². The SMILES string of the molecule is Clc1ccc2sc3cc(-c4ccccc4-c4ccccc4)ccc3c2c1. The van der Waals surface area contributed by atoms with E-state index in [4.69, 9.17) is 11.6 Å². The Morgan fingerprint density at radius 2 is 1.27 bits per heavy atom. The molecule has 0 atom stereocenters. The summed E-state index contributed by atoms with van der Waals surface area (Å²) in [5, 5.41) is 3.30. The maximum Gasteiger partial charge on any atom is 0.0413 e. The summed E-state index contributed by atoms with van der Waals surface area (Å²) in [6.45, 7) is 0. The van der Waals surface area contributed by atoms with Gasteiger partial charge in [-0.1, -0.05) is 78.3 Å². The molecule has 0 amide bonds. The van der Waals surface area contributed by atoms with Gasteiger partial charge in [-0.25, -0.2) is 0 Å². The monoisotopic (exact) mass is 370 g/mol. The molecule has 0 nitrogen and oxygen atoms in total. The summed E-state index contributed by atoms with van der Waals surface area (Å²) < 4.78 is 2.57. The highest BCUT2D eigenvalue weighted by Crippen LogP contribution is 2.39. The third-order valence-corrected chi connectivity index (χ3v) is 6.12. The third-order valence-electron chi connectivity index (χ3n) is 4.76. The molecule has 0 aliphatic carbocycles. The van der Waals surface area contributed by atoms with Crippen molar-refractivity contribution in [1.29, 1.82) is 0 Å². The number of thiophene rings is 1. The fraction of sp³-hybridized carbons (Fsp3) is 0. The molecule has 0 aliphatic heterocycles. The molecule has 0 spiro atoms. The van der Waals surface area contributed by atoms with Crippen LogP contribution in [0.4, 0.5) is 0 Å². The van der Waals surface area contributed by atoms with Gasteiger partial charge in [0.15, 0.2) is 0 Å². The standard InChI is InChI=1S/C24H15ClS/c25-18-11-13-23-22(15-18)21-12-10-17(14-24(21)26-23)20-9-5-4-8-19(20)16-6-2-1-3-7-16/h1-15H. The molecule has 0 saturated heterocycles. The van der Waals surface area contributed by atoms with Crippen LogP contribution in [0.25, 0.3) is 42.4 Å². The summed E-state index contributed by atoms with van der Waals surface area (Å²) >= 11 is 8.02. The molecule has 0 bridgehead atoms. The van der Waals surface area contributed by atoms with E-state index in [0.717, 1.165) is 5.02 Å². The summed E-state index contributed by atoms with van der Waals surface area (Å²) in [6, 6.07) is 32.1. The number of benzene rings is 4. The highest BCUT2D eigenvalue weighted by atomic mass is 35.5. The number of hydrogen-bond acceptors (Lipinski definition) is 1. The molecular weight excluding hydrogens is 356 g/mol. The Balaban J connectivity index is 1.72. The van der Waals surface area contributed by atoms with Crippen molar-refractivity contribution in [2.24, 2.45) is 0 Å². The molecule has 0 saturated carbocycles. The van der Waals surface area contributed by atoms with Crippen LogP contribution in [0, 0.1) is 0 Å². The molecule has 5 aromatic rings. The van der Waals surface area contributed by atoms with Crippen molar-refractivity contribution in [2.45, 2.75) is 0 Å². The van der Waals surface area contributed by atoms with E-state index in [9.17, 15) is 0 Å². The second-order valence-electron chi connectivity index (χ2n) is 6.37. The van der Waals surface area contributed by atoms with Crippen molar-refractivity contribution in [1.82, 2.24) is 0 Å². The van der Waals surface area contributed by atoms with Crippen molar-refractivity contribution in [3.05, 3.63) is 96.0 Å². The molecule has 2 heteroatoms. The van der Waals surface area contributed by atoms with Crippen LogP contribution in [0.1, 0.15) is 0 Å². The average Bonchev–Trinajstić information content (AvgIpc) is 3.05. The summed E-state index contributed by atoms with van der Waals surface area (Å²) in [4.78, 5) is 0. The van der Waals surface area contributed by atoms with Crippen LogP contribution < -0.4 is 0 Å². The van der Waals surface area contributed by atoms with E-state index in [1.54, 1.807) is 0 Å². The lowest BCUT2D eigenvalue weighted by molar-refractivity contribution is 1.60. The number of hydrogen-bond donors (Lipinski definition) is 0. The highest BCUT2D eigenvalue weighted by molar-refractivity contribution is 7.25. The molecule has 0 aliphatic rings. The smallest absolute Gasteiger partial charge is 0.0413 e. The molecule has 26 heavy (non-hydrogen) atoms. The second kappa shape index (κ2) is 6.28. The first-order valence-corrected chi connectivity index (χ1v) is 9.76. The molecule has 1 aromatic heterocycles. The van der Waals surface area contributed by atoms with Crippen LogP contribution in [0.3, 0.4) is 0 Å². The minimum absolute atomic E-state index is 0.788. The van der Waals surface area contributed by atoms with E-state index >= 15 is 0 Å². The van der Waals surface area contributed by atoms with Crippen LogP contribution in [0.2, 0.25) is 5.02 Å². The Bertz CT molecular complexity index is 1240. The molecule has 0 fully saturated rings. The van der Waals surface area contributed by atoms with E-state index in [-0.39, 0.29) is 0 Å². The molecule has 1 heterocycles. The maximum atomic E-state index is 6.20. The van der Waals surface area contributed by atoms with Gasteiger partial charge in [0.25, 0.3) is 0 Å². The predicted molar refractivity (Wildman–Crippen MR) is 115 cm³/mol. The van der Waals surface area contributed by atoms with Gasteiger partial charge in [0.1, 0.15) is 0 Å². The Kier molecular flexibility index (Phi) is 3.77. The first-order chi connectivity index (χ1) is 12.8. The van der Waals surface area contributed by atoms with Gasteiger partial charge in [-0.3, -0.25) is 0 Å². The van der Waals surface area contributed by atoms with Gasteiger partial charge in [0.05, 0.1) is 0 Å². The molecule has 0 unspecified atom stereocenters. The Morgan fingerprint density at radius 1 is 0.538 bits per heavy atom. The van der Waals surface area contributed by atoms with E-state index < -0.39 is 0 Å². The molecular formula is C24H15ClS. The molecule has 0 N–H and O–H groups in total. The van der Waals surface area contributed by atoms with Gasteiger partial charge in [0, 0.05) is 25.2 Å². The summed E-state index contributed by atoms with van der Waals surface area (Å²) in [6.07, 6.45) is 0. The molecule has 0 radical (unpaired) electrons. The first-order valence-electron chi connectivity index (χ1n) is 8.56. The van der Waals surface area contributed by atoms with E-state index in [1.807, 2.05) is 17.4 Å². The molecule has 4 aromatic carbocycles. The van der Waals surface area contributed by atoms with Gasteiger partial charge in [0.2, 0.25) is 0 Å². The van der Waals surface area contributed by atoms with E-state index in [2.05, 4.69) is 84.9 Å². The highest BCUT2D eigenvalue weighted by Gasteiger charge is 2.10. The number of rotatable bonds is 2. The van der Waals surface area contributed by atoms with Crippen molar-refractivity contribution < 1.29 is 0 Å². The minimum Gasteiger partial charge on any atom is -0.135 e. The van der Waals surface area contributed by atoms with Gasteiger partial charge >= 0.3 is 0 Å². The van der Waals surface area contributed by atoms with Crippen LogP contribution in [0.15, 0.2) is 91.0 Å². The number of fused-ring (bicyclic) bond motifs is 3. The quantitative estimate of drug-likeness (QED) is 0.295. The normalized spacial score (nSPS) is 11.3. The molecule has 124 valence electrons. The van der Waals surface area contributed by atoms with Crippen LogP contribution in [-0.2, 0) is 0 Å². The lowest BCUT2D eigenvalue weighted by atomic mass is 9.94. The fourth-order valence-corrected chi connectivity index (χ4v) is 4.82. The van der Waals surface area contributed by atoms with Crippen molar-refractivity contribution >= 4 is 43.1 Å². The maximum absolute atomic E-state index is 6.20. The predicted octanol–water partition coefficient (Wildman–Crippen LogP) is 8.04. The van der Waals surface area contributed by atoms with Crippen molar-refractivity contribution in [3.8, 4) is 22.3 Å². The fourth-order valence-electron chi connectivity index (χ4n) is 3.52. The average molecular weight is 371 g/mol. The van der Waals surface area contributed by atoms with Crippen LogP contribution in [-0.4, -0.2) is 0 Å². The Labute approximate surface area is 161 Å². The lowest BCUT2D eigenvalue weighted by Crippen LogP contribution is -1.84. The first kappa shape index (κ1) is 15.6. The zero-order chi connectivity index (χ0) is 17.5. The van der Waals surface area contributed by atoms with Gasteiger partial charge in [-0.2, -0.15) is 0 Å². The topological polar surface area (TPSA) is 0 Å². The van der Waals surface area contributed by atoms with Crippen LogP contribution >= 0.6 is 22.9 Å². The third kappa shape index (κ3) is 2.61. The summed E-state index contributed by atoms with van der Waals surface area (Å²) in [7, 11) is 0. The Morgan fingerprint density at radius 3 is 2.08 bits per heavy atom. The van der Waals surface area contributed by atoms with Crippen LogP contribution in [0.5, 0.6) is 0 Å². The Hall–Kier alpha value is -2.61. The van der Waals surface area contributed by atoms with Gasteiger partial charge < -0.3 is 0 Å². The molecule has 5 rings (SSSR count). The minimum atomic E-state index is 0.788. The lowest BCUT2D eigenvalue weighted by Gasteiger charge is -2.10. The zero-order valence-electron chi connectivity index (χ0n) is 13.9. The van der Waals surface area contributed by atoms with Gasteiger partial charge in [-0.15, -0.1) is 11.3 Å². The second-order valence-corrected chi connectivity index (χ2v) is 7.89. The van der Waals surface area contributed by atoms with Gasteiger partial charge in [-0.05, 0) is 46.5 Å². The number of halogens is 1. The summed E-state index contributed by atoms with van der Waals surface area (Å²) in [5.41, 5.74) is 5.01. The largest absolute Gasteiger partial charge is 0.135 e. The van der Waals surface area contributed by atoms with Crippen molar-refractivity contribution in [3.63, 3.8) is 0 Å². The van der Waals surface area contributed by atoms with E-state index in [0.29, 0.717) is 0 Å². The zero-order valence-corrected chi connectivity index (χ0v) is 15.5. The summed E-state index contributed by atoms with van der Waals surface area (Å²) in [5.74, 6) is 0. The van der Waals surface area contributed by atoms with Crippen molar-refractivity contribution in [2.75, 3.05) is 0 Å².